The zero-order valence-corrected chi connectivity index (χ0v) is 9.17. The summed E-state index contributed by atoms with van der Waals surface area (Å²) < 4.78 is 1.92. The summed E-state index contributed by atoms with van der Waals surface area (Å²) in [5.41, 5.74) is 1.10. The lowest BCUT2D eigenvalue weighted by molar-refractivity contribution is 1.57. The van der Waals surface area contributed by atoms with Crippen molar-refractivity contribution in [2.24, 2.45) is 0 Å². The maximum atomic E-state index is 8.50. The molecule has 0 atom stereocenters. The molecule has 0 saturated heterocycles. The summed E-state index contributed by atoms with van der Waals surface area (Å²) in [5.74, 6) is 0. The maximum absolute atomic E-state index is 8.50. The van der Waals surface area contributed by atoms with Gasteiger partial charge in [0.2, 0.25) is 0 Å². The van der Waals surface area contributed by atoms with Gasteiger partial charge in [0.25, 0.3) is 0 Å². The normalized spacial score (nSPS) is 10.8. The van der Waals surface area contributed by atoms with Crippen LogP contribution in [0.4, 0.5) is 0 Å². The lowest BCUT2D eigenvalue weighted by atomic mass is 10.2. The van der Waals surface area contributed by atoms with Crippen molar-refractivity contribution in [2.45, 2.75) is 0 Å². The first kappa shape index (κ1) is 9.62. The molecule has 0 N–H and O–H groups in total. The summed E-state index contributed by atoms with van der Waals surface area (Å²) in [6, 6.07) is 9.88. The molecule has 1 nitrogen and oxygen atoms in total. The number of hydrogen-bond acceptors (Lipinski definition) is 2. The van der Waals surface area contributed by atoms with Gasteiger partial charge >= 0.3 is 0 Å². The monoisotopic (exact) mass is 287 g/mol. The minimum Gasteiger partial charge on any atom is -0.185 e. The maximum Gasteiger partial charge on any atom is 0.138 e. The van der Waals surface area contributed by atoms with E-state index in [0.717, 1.165) is 10.5 Å². The largest absolute Gasteiger partial charge is 0.185 e. The SMILES string of the molecule is N#CSC(=CI)c1ccccc1. The molecule has 0 aliphatic heterocycles. The summed E-state index contributed by atoms with van der Waals surface area (Å²) in [4.78, 5) is 0.999. The van der Waals surface area contributed by atoms with Crippen molar-refractivity contribution in [1.82, 2.24) is 0 Å². The summed E-state index contributed by atoms with van der Waals surface area (Å²) in [6.45, 7) is 0. The Bertz CT molecular complexity index is 313. The van der Waals surface area contributed by atoms with Crippen LogP contribution in [0.1, 0.15) is 5.56 Å². The first-order chi connectivity index (χ1) is 5.88. The van der Waals surface area contributed by atoms with E-state index in [2.05, 4.69) is 28.0 Å². The average molecular weight is 287 g/mol. The van der Waals surface area contributed by atoms with Crippen molar-refractivity contribution in [3.05, 3.63) is 40.0 Å². The molecule has 1 aromatic rings. The van der Waals surface area contributed by atoms with Crippen LogP contribution in [-0.2, 0) is 0 Å². The van der Waals surface area contributed by atoms with Crippen LogP contribution < -0.4 is 0 Å². The van der Waals surface area contributed by atoms with Crippen LogP contribution in [0.15, 0.2) is 34.4 Å². The number of rotatable bonds is 2. The van der Waals surface area contributed by atoms with E-state index >= 15 is 0 Å². The minimum absolute atomic E-state index is 0.999. The number of benzene rings is 1. The third-order valence-electron chi connectivity index (χ3n) is 1.31. The fraction of sp³-hybridized carbons (Fsp3) is 0. The molecule has 0 fully saturated rings. The Morgan fingerprint density at radius 1 is 1.42 bits per heavy atom. The summed E-state index contributed by atoms with van der Waals surface area (Å²) in [5, 5.41) is 10.6. The highest BCUT2D eigenvalue weighted by molar-refractivity contribution is 14.1. The van der Waals surface area contributed by atoms with Crippen LogP contribution in [-0.4, -0.2) is 0 Å². The smallest absolute Gasteiger partial charge is 0.138 e. The molecule has 0 radical (unpaired) electrons. The van der Waals surface area contributed by atoms with Crippen LogP contribution in [0.2, 0.25) is 0 Å². The van der Waals surface area contributed by atoms with Gasteiger partial charge in [-0.3, -0.25) is 0 Å². The third kappa shape index (κ3) is 2.54. The molecule has 0 spiro atoms. The van der Waals surface area contributed by atoms with Gasteiger partial charge in [0.1, 0.15) is 5.40 Å². The molecule has 0 amide bonds. The van der Waals surface area contributed by atoms with Crippen LogP contribution in [0.25, 0.3) is 4.91 Å². The highest BCUT2D eigenvalue weighted by Crippen LogP contribution is 2.27. The number of hydrogen-bond donors (Lipinski definition) is 0. The number of halogens is 1. The molecule has 12 heavy (non-hydrogen) atoms. The highest BCUT2D eigenvalue weighted by Gasteiger charge is 1.98. The van der Waals surface area contributed by atoms with Crippen LogP contribution in [0.5, 0.6) is 0 Å². The van der Waals surface area contributed by atoms with Gasteiger partial charge in [-0.2, -0.15) is 5.26 Å². The summed E-state index contributed by atoms with van der Waals surface area (Å²) in [7, 11) is 0. The predicted molar refractivity (Wildman–Crippen MR) is 61.6 cm³/mol. The van der Waals surface area contributed by atoms with E-state index in [1.165, 1.54) is 11.8 Å². The molecule has 1 aromatic carbocycles. The second kappa shape index (κ2) is 5.22. The zero-order chi connectivity index (χ0) is 8.81. The van der Waals surface area contributed by atoms with E-state index in [-0.39, 0.29) is 0 Å². The lowest BCUT2D eigenvalue weighted by Crippen LogP contribution is -1.75. The van der Waals surface area contributed by atoms with Crippen molar-refractivity contribution in [3.63, 3.8) is 0 Å². The molecule has 0 heterocycles. The molecule has 0 bridgehead atoms. The molecule has 0 unspecified atom stereocenters. The highest BCUT2D eigenvalue weighted by atomic mass is 127. The predicted octanol–water partition coefficient (Wildman–Crippen LogP) is 3.63. The molecule has 0 saturated carbocycles. The Balaban J connectivity index is 2.91. The molecule has 0 aromatic heterocycles. The van der Waals surface area contributed by atoms with Gasteiger partial charge in [0, 0.05) is 4.91 Å². The standard InChI is InChI=1S/C9H6INS/c10-6-9(12-7-11)8-4-2-1-3-5-8/h1-6H. The van der Waals surface area contributed by atoms with E-state index in [4.69, 9.17) is 5.26 Å². The van der Waals surface area contributed by atoms with Crippen LogP contribution >= 0.6 is 34.4 Å². The Morgan fingerprint density at radius 2 is 2.08 bits per heavy atom. The second-order valence-corrected chi connectivity index (χ2v) is 3.48. The van der Waals surface area contributed by atoms with Crippen LogP contribution in [0.3, 0.4) is 0 Å². The Labute approximate surface area is 89.6 Å². The molecule has 60 valence electrons. The van der Waals surface area contributed by atoms with E-state index in [9.17, 15) is 0 Å². The fourth-order valence-corrected chi connectivity index (χ4v) is 1.93. The van der Waals surface area contributed by atoms with Gasteiger partial charge in [-0.25, -0.2) is 0 Å². The first-order valence-corrected chi connectivity index (χ1v) is 5.36. The molecule has 0 aliphatic rings. The van der Waals surface area contributed by atoms with Crippen molar-refractivity contribution in [1.29, 1.82) is 5.26 Å². The zero-order valence-electron chi connectivity index (χ0n) is 6.20. The van der Waals surface area contributed by atoms with Crippen molar-refractivity contribution < 1.29 is 0 Å². The van der Waals surface area contributed by atoms with Gasteiger partial charge in [-0.05, 0) is 21.4 Å². The molecule has 1 rings (SSSR count). The topological polar surface area (TPSA) is 23.8 Å². The number of nitriles is 1. The molecule has 0 aliphatic carbocycles. The fourth-order valence-electron chi connectivity index (χ4n) is 0.796. The Kier molecular flexibility index (Phi) is 4.19. The van der Waals surface area contributed by atoms with Crippen LogP contribution in [0, 0.1) is 10.7 Å². The molecule has 3 heteroatoms. The third-order valence-corrected chi connectivity index (χ3v) is 3.02. The molecular formula is C9H6INS. The minimum atomic E-state index is 0.999. The van der Waals surface area contributed by atoms with Gasteiger partial charge in [0.05, 0.1) is 0 Å². The van der Waals surface area contributed by atoms with Gasteiger partial charge in [-0.1, -0.05) is 52.9 Å². The van der Waals surface area contributed by atoms with E-state index < -0.39 is 0 Å². The Hall–Kier alpha value is -0.470. The van der Waals surface area contributed by atoms with E-state index in [1.807, 2.05) is 34.4 Å². The lowest BCUT2D eigenvalue weighted by Gasteiger charge is -1.98. The van der Waals surface area contributed by atoms with Gasteiger partial charge in [-0.15, -0.1) is 0 Å². The summed E-state index contributed by atoms with van der Waals surface area (Å²) in [6.07, 6.45) is 0. The Morgan fingerprint density at radius 3 is 2.58 bits per heavy atom. The van der Waals surface area contributed by atoms with Crippen molar-refractivity contribution in [2.75, 3.05) is 0 Å². The second-order valence-electron chi connectivity index (χ2n) is 2.03. The number of thioether (sulfide) groups is 1. The van der Waals surface area contributed by atoms with Crippen molar-refractivity contribution >= 4 is 39.3 Å². The quantitative estimate of drug-likeness (QED) is 0.612. The van der Waals surface area contributed by atoms with E-state index in [1.54, 1.807) is 0 Å². The number of thiocyanates is 1. The van der Waals surface area contributed by atoms with Gasteiger partial charge < -0.3 is 0 Å². The van der Waals surface area contributed by atoms with Crippen molar-refractivity contribution in [3.8, 4) is 5.40 Å². The summed E-state index contributed by atoms with van der Waals surface area (Å²) >= 11 is 3.33. The van der Waals surface area contributed by atoms with E-state index in [0.29, 0.717) is 0 Å². The first-order valence-electron chi connectivity index (χ1n) is 3.30. The molecular weight excluding hydrogens is 281 g/mol. The van der Waals surface area contributed by atoms with Gasteiger partial charge in [0.15, 0.2) is 0 Å². The average Bonchev–Trinajstić information content (AvgIpc) is 2.15. The number of nitrogens with zero attached hydrogens (tertiary/aromatic N) is 1.